The van der Waals surface area contributed by atoms with E-state index in [1.54, 1.807) is 12.1 Å². The first kappa shape index (κ1) is 16.2. The van der Waals surface area contributed by atoms with Crippen molar-refractivity contribution < 1.29 is 4.79 Å². The lowest BCUT2D eigenvalue weighted by atomic mass is 9.99. The molecule has 22 heavy (non-hydrogen) atoms. The van der Waals surface area contributed by atoms with Crippen molar-refractivity contribution in [2.75, 3.05) is 12.3 Å². The van der Waals surface area contributed by atoms with E-state index in [9.17, 15) is 4.79 Å². The highest BCUT2D eigenvalue weighted by Crippen LogP contribution is 2.16. The van der Waals surface area contributed by atoms with E-state index in [-0.39, 0.29) is 11.8 Å². The number of ketones is 1. The first-order chi connectivity index (χ1) is 10.7. The number of likely N-dealkylation sites (N-methyl/N-ethyl adjacent to an activating group) is 1. The average Bonchev–Trinajstić information content (AvgIpc) is 2.56. The number of anilines is 1. The van der Waals surface area contributed by atoms with Gasteiger partial charge in [-0.25, -0.2) is 0 Å². The molecule has 0 aromatic heterocycles. The Kier molecular flexibility index (Phi) is 5.73. The van der Waals surface area contributed by atoms with Crippen molar-refractivity contribution in [3.63, 3.8) is 0 Å². The molecule has 0 heterocycles. The lowest BCUT2D eigenvalue weighted by molar-refractivity contribution is 0.0807. The molecule has 0 saturated heterocycles. The number of benzene rings is 2. The van der Waals surface area contributed by atoms with Gasteiger partial charge in [-0.15, -0.1) is 0 Å². The second kappa shape index (κ2) is 7.76. The topological polar surface area (TPSA) is 46.3 Å². The van der Waals surface area contributed by atoms with E-state index < -0.39 is 0 Å². The van der Waals surface area contributed by atoms with Crippen LogP contribution in [-0.4, -0.2) is 23.3 Å². The molecule has 2 rings (SSSR count). The fraction of sp³-hybridized carbons (Fsp3) is 0.316. The Hall–Kier alpha value is -2.13. The molecule has 116 valence electrons. The van der Waals surface area contributed by atoms with E-state index >= 15 is 0 Å². The van der Waals surface area contributed by atoms with Gasteiger partial charge in [0.15, 0.2) is 5.78 Å². The molecule has 0 bridgehead atoms. The van der Waals surface area contributed by atoms with Crippen LogP contribution in [0.25, 0.3) is 0 Å². The molecule has 0 saturated carbocycles. The van der Waals surface area contributed by atoms with Crippen LogP contribution in [0.1, 0.15) is 36.2 Å². The van der Waals surface area contributed by atoms with E-state index in [1.807, 2.05) is 30.3 Å². The minimum Gasteiger partial charge on any atom is -0.399 e. The first-order valence-corrected chi connectivity index (χ1v) is 7.83. The van der Waals surface area contributed by atoms with Gasteiger partial charge in [0.1, 0.15) is 0 Å². The van der Waals surface area contributed by atoms with Crippen molar-refractivity contribution in [3.8, 4) is 0 Å². The largest absolute Gasteiger partial charge is 0.399 e. The van der Waals surface area contributed by atoms with Crippen LogP contribution in [0.2, 0.25) is 0 Å². The van der Waals surface area contributed by atoms with Crippen LogP contribution < -0.4 is 5.73 Å². The van der Waals surface area contributed by atoms with Gasteiger partial charge in [-0.2, -0.15) is 0 Å². The monoisotopic (exact) mass is 296 g/mol. The predicted molar refractivity (Wildman–Crippen MR) is 91.8 cm³/mol. The molecule has 1 unspecified atom stereocenters. The molecular weight excluding hydrogens is 272 g/mol. The molecule has 0 spiro atoms. The number of nitrogen functional groups attached to an aromatic ring is 1. The van der Waals surface area contributed by atoms with Gasteiger partial charge in [-0.1, -0.05) is 44.2 Å². The van der Waals surface area contributed by atoms with E-state index in [4.69, 9.17) is 5.73 Å². The average molecular weight is 296 g/mol. The maximum atomic E-state index is 12.8. The van der Waals surface area contributed by atoms with Gasteiger partial charge in [0, 0.05) is 17.8 Å². The molecule has 0 aliphatic carbocycles. The second-order valence-corrected chi connectivity index (χ2v) is 5.46. The normalized spacial score (nSPS) is 12.3. The highest BCUT2D eigenvalue weighted by atomic mass is 16.1. The molecule has 0 fully saturated rings. The van der Waals surface area contributed by atoms with Crippen LogP contribution in [0.4, 0.5) is 5.69 Å². The predicted octanol–water partition coefficient (Wildman–Crippen LogP) is 3.75. The highest BCUT2D eigenvalue weighted by molar-refractivity contribution is 6.00. The van der Waals surface area contributed by atoms with Gasteiger partial charge < -0.3 is 5.73 Å². The van der Waals surface area contributed by atoms with Crippen molar-refractivity contribution in [3.05, 3.63) is 65.7 Å². The number of hydrogen-bond donors (Lipinski definition) is 1. The third kappa shape index (κ3) is 3.95. The summed E-state index contributed by atoms with van der Waals surface area (Å²) in [5.41, 5.74) is 8.34. The van der Waals surface area contributed by atoms with Crippen LogP contribution in [0, 0.1) is 0 Å². The number of carbonyl (C=O) groups is 1. The fourth-order valence-corrected chi connectivity index (χ4v) is 2.71. The zero-order valence-corrected chi connectivity index (χ0v) is 13.3. The Morgan fingerprint density at radius 1 is 1.05 bits per heavy atom. The maximum Gasteiger partial charge on any atom is 0.179 e. The van der Waals surface area contributed by atoms with Crippen molar-refractivity contribution in [1.29, 1.82) is 0 Å². The standard InChI is InChI=1S/C19H24N2O/c1-3-18(19(22)16-10-12-17(20)13-11-16)21(4-2)14-15-8-6-5-7-9-15/h5-13,18H,3-4,14,20H2,1-2H3. The molecule has 0 radical (unpaired) electrons. The Balaban J connectivity index is 2.17. The maximum absolute atomic E-state index is 12.8. The summed E-state index contributed by atoms with van der Waals surface area (Å²) in [5.74, 6) is 0.167. The summed E-state index contributed by atoms with van der Waals surface area (Å²) in [6, 6.07) is 17.4. The molecule has 2 N–H and O–H groups in total. The van der Waals surface area contributed by atoms with Crippen molar-refractivity contribution in [2.24, 2.45) is 0 Å². The van der Waals surface area contributed by atoms with Gasteiger partial charge in [0.2, 0.25) is 0 Å². The third-order valence-corrected chi connectivity index (χ3v) is 3.96. The molecular formula is C19H24N2O. The molecule has 2 aromatic rings. The summed E-state index contributed by atoms with van der Waals surface area (Å²) in [7, 11) is 0. The molecule has 0 amide bonds. The van der Waals surface area contributed by atoms with Crippen LogP contribution in [0.5, 0.6) is 0 Å². The minimum absolute atomic E-state index is 0.103. The van der Waals surface area contributed by atoms with Crippen molar-refractivity contribution in [1.82, 2.24) is 4.90 Å². The van der Waals surface area contributed by atoms with E-state index in [2.05, 4.69) is 30.9 Å². The number of hydrogen-bond acceptors (Lipinski definition) is 3. The number of Topliss-reactive ketones (excluding diaryl/α,β-unsaturated/α-hetero) is 1. The van der Waals surface area contributed by atoms with Crippen molar-refractivity contribution in [2.45, 2.75) is 32.9 Å². The second-order valence-electron chi connectivity index (χ2n) is 5.46. The Morgan fingerprint density at radius 2 is 1.68 bits per heavy atom. The number of rotatable bonds is 7. The first-order valence-electron chi connectivity index (χ1n) is 7.83. The van der Waals surface area contributed by atoms with Gasteiger partial charge in [-0.05, 0) is 42.8 Å². The number of nitrogens with two attached hydrogens (primary N) is 1. The lowest BCUT2D eigenvalue weighted by Gasteiger charge is -2.29. The van der Waals surface area contributed by atoms with Crippen molar-refractivity contribution >= 4 is 11.5 Å². The number of carbonyl (C=O) groups excluding carboxylic acids is 1. The van der Waals surface area contributed by atoms with Crippen LogP contribution in [-0.2, 0) is 6.54 Å². The summed E-state index contributed by atoms with van der Waals surface area (Å²) in [6.07, 6.45) is 0.796. The van der Waals surface area contributed by atoms with Gasteiger partial charge in [0.05, 0.1) is 6.04 Å². The quantitative estimate of drug-likeness (QED) is 0.625. The van der Waals surface area contributed by atoms with Gasteiger partial charge in [-0.3, -0.25) is 9.69 Å². The zero-order valence-electron chi connectivity index (χ0n) is 13.3. The van der Waals surface area contributed by atoms with Gasteiger partial charge in [0.25, 0.3) is 0 Å². The highest BCUT2D eigenvalue weighted by Gasteiger charge is 2.24. The Labute approximate surface area is 132 Å². The summed E-state index contributed by atoms with van der Waals surface area (Å²) in [4.78, 5) is 15.0. The molecule has 3 heteroatoms. The molecule has 3 nitrogen and oxygen atoms in total. The molecule has 0 aliphatic rings. The fourth-order valence-electron chi connectivity index (χ4n) is 2.71. The van der Waals surface area contributed by atoms with Crippen LogP contribution >= 0.6 is 0 Å². The zero-order chi connectivity index (χ0) is 15.9. The third-order valence-electron chi connectivity index (χ3n) is 3.96. The number of nitrogens with zero attached hydrogens (tertiary/aromatic N) is 1. The Bertz CT molecular complexity index is 593. The molecule has 1 atom stereocenters. The minimum atomic E-state index is -0.103. The van der Waals surface area contributed by atoms with Crippen LogP contribution in [0.15, 0.2) is 54.6 Å². The smallest absolute Gasteiger partial charge is 0.179 e. The lowest BCUT2D eigenvalue weighted by Crippen LogP contribution is -2.40. The van der Waals surface area contributed by atoms with E-state index in [1.165, 1.54) is 5.56 Å². The summed E-state index contributed by atoms with van der Waals surface area (Å²) in [5, 5.41) is 0. The van der Waals surface area contributed by atoms with E-state index in [0.717, 1.165) is 25.1 Å². The molecule has 0 aliphatic heterocycles. The summed E-state index contributed by atoms with van der Waals surface area (Å²) >= 11 is 0. The summed E-state index contributed by atoms with van der Waals surface area (Å²) in [6.45, 7) is 5.79. The van der Waals surface area contributed by atoms with Gasteiger partial charge >= 0.3 is 0 Å². The van der Waals surface area contributed by atoms with E-state index in [0.29, 0.717) is 5.69 Å². The summed E-state index contributed by atoms with van der Waals surface area (Å²) < 4.78 is 0. The van der Waals surface area contributed by atoms with Crippen LogP contribution in [0.3, 0.4) is 0 Å². The Morgan fingerprint density at radius 3 is 2.23 bits per heavy atom. The SMILES string of the molecule is CCC(C(=O)c1ccc(N)cc1)N(CC)Cc1ccccc1. The molecule has 2 aromatic carbocycles.